The summed E-state index contributed by atoms with van der Waals surface area (Å²) in [7, 11) is 0. The van der Waals surface area contributed by atoms with Crippen molar-refractivity contribution in [2.75, 3.05) is 5.32 Å². The van der Waals surface area contributed by atoms with Crippen molar-refractivity contribution in [1.82, 2.24) is 15.0 Å². The molecule has 0 fully saturated rings. The van der Waals surface area contributed by atoms with Gasteiger partial charge >= 0.3 is 0 Å². The van der Waals surface area contributed by atoms with Crippen LogP contribution < -0.4 is 5.32 Å². The maximum absolute atomic E-state index is 5.64. The molecule has 5 nitrogen and oxygen atoms in total. The number of nitrogens with one attached hydrogen (secondary N) is 1. The van der Waals surface area contributed by atoms with E-state index < -0.39 is 0 Å². The molecule has 4 aromatic rings. The summed E-state index contributed by atoms with van der Waals surface area (Å²) in [5, 5.41) is 6.36. The number of nitrogens with zero attached hydrogens (tertiary/aromatic N) is 3. The molecule has 6 heteroatoms. The van der Waals surface area contributed by atoms with Crippen LogP contribution in [-0.2, 0) is 6.54 Å². The third kappa shape index (κ3) is 2.76. The number of aryl methyl sites for hydroxylation is 2. The molecule has 3 heterocycles. The molecular weight excluding hydrogens is 320 g/mol. The first-order valence-electron chi connectivity index (χ1n) is 7.68. The number of oxazole rings is 1. The molecule has 0 aliphatic carbocycles. The summed E-state index contributed by atoms with van der Waals surface area (Å²) in [5.74, 6) is 3.02. The number of benzene rings is 1. The zero-order valence-corrected chi connectivity index (χ0v) is 14.2. The van der Waals surface area contributed by atoms with Crippen molar-refractivity contribution in [3.63, 3.8) is 0 Å². The second kappa shape index (κ2) is 6.05. The fourth-order valence-corrected chi connectivity index (χ4v) is 3.16. The highest BCUT2D eigenvalue weighted by molar-refractivity contribution is 7.13. The molecular formula is C18H16N4OS. The van der Waals surface area contributed by atoms with Gasteiger partial charge < -0.3 is 9.73 Å². The third-order valence-corrected chi connectivity index (χ3v) is 4.69. The lowest BCUT2D eigenvalue weighted by Gasteiger charge is -2.09. The maximum atomic E-state index is 5.64. The fourth-order valence-electron chi connectivity index (χ4n) is 2.50. The molecule has 0 bridgehead atoms. The first-order valence-corrected chi connectivity index (χ1v) is 8.56. The molecule has 3 aromatic heterocycles. The first-order chi connectivity index (χ1) is 11.7. The van der Waals surface area contributed by atoms with Gasteiger partial charge in [0, 0.05) is 5.39 Å². The van der Waals surface area contributed by atoms with E-state index in [9.17, 15) is 0 Å². The Morgan fingerprint density at radius 2 is 1.92 bits per heavy atom. The number of hydrogen-bond donors (Lipinski definition) is 1. The molecule has 0 atom stereocenters. The molecule has 4 rings (SSSR count). The monoisotopic (exact) mass is 336 g/mol. The minimum Gasteiger partial charge on any atom is -0.444 e. The van der Waals surface area contributed by atoms with Crippen molar-refractivity contribution in [2.24, 2.45) is 0 Å². The summed E-state index contributed by atoms with van der Waals surface area (Å²) < 4.78 is 5.64. The van der Waals surface area contributed by atoms with E-state index in [2.05, 4.69) is 15.3 Å². The molecule has 24 heavy (non-hydrogen) atoms. The molecule has 0 saturated heterocycles. The van der Waals surface area contributed by atoms with Gasteiger partial charge in [0.25, 0.3) is 0 Å². The van der Waals surface area contributed by atoms with E-state index in [0.29, 0.717) is 12.4 Å². The molecule has 0 radical (unpaired) electrons. The Morgan fingerprint density at radius 1 is 1.04 bits per heavy atom. The van der Waals surface area contributed by atoms with Crippen LogP contribution in [-0.4, -0.2) is 15.0 Å². The lowest BCUT2D eigenvalue weighted by atomic mass is 10.2. The second-order valence-corrected chi connectivity index (χ2v) is 6.44. The van der Waals surface area contributed by atoms with Crippen LogP contribution >= 0.6 is 11.3 Å². The van der Waals surface area contributed by atoms with Crippen LogP contribution in [0.25, 0.3) is 21.6 Å². The largest absolute Gasteiger partial charge is 0.444 e. The predicted molar refractivity (Wildman–Crippen MR) is 96.2 cm³/mol. The molecule has 0 saturated carbocycles. The van der Waals surface area contributed by atoms with Crippen LogP contribution in [0.4, 0.5) is 5.82 Å². The van der Waals surface area contributed by atoms with E-state index in [1.165, 1.54) is 0 Å². The van der Waals surface area contributed by atoms with Crippen LogP contribution in [0.3, 0.4) is 0 Å². The quantitative estimate of drug-likeness (QED) is 0.591. The number of anilines is 1. The standard InChI is InChI=1S/C18H16N4OS/c1-11-12(2)23-16(20-11)10-19-17-13-6-3-4-7-14(13)21-18(22-17)15-8-5-9-24-15/h3-9H,10H2,1-2H3,(H,19,21,22). The van der Waals surface area contributed by atoms with Gasteiger partial charge in [-0.15, -0.1) is 11.3 Å². The van der Waals surface area contributed by atoms with E-state index in [1.54, 1.807) is 11.3 Å². The minimum absolute atomic E-state index is 0.486. The van der Waals surface area contributed by atoms with Crippen LogP contribution in [0.2, 0.25) is 0 Å². The van der Waals surface area contributed by atoms with Gasteiger partial charge in [-0.05, 0) is 37.4 Å². The van der Waals surface area contributed by atoms with Gasteiger partial charge in [-0.2, -0.15) is 0 Å². The SMILES string of the molecule is Cc1nc(CNc2nc(-c3cccs3)nc3ccccc23)oc1C. The summed E-state index contributed by atoms with van der Waals surface area (Å²) in [6.45, 7) is 4.34. The third-order valence-electron chi connectivity index (χ3n) is 3.82. The van der Waals surface area contributed by atoms with Gasteiger partial charge in [0.1, 0.15) is 11.6 Å². The Hall–Kier alpha value is -2.73. The molecule has 0 aliphatic heterocycles. The number of fused-ring (bicyclic) bond motifs is 1. The number of hydrogen-bond acceptors (Lipinski definition) is 6. The van der Waals surface area contributed by atoms with Crippen LogP contribution in [0.1, 0.15) is 17.3 Å². The molecule has 0 unspecified atom stereocenters. The zero-order chi connectivity index (χ0) is 16.5. The predicted octanol–water partition coefficient (Wildman–Crippen LogP) is 4.58. The van der Waals surface area contributed by atoms with Crippen molar-refractivity contribution in [2.45, 2.75) is 20.4 Å². The summed E-state index contributed by atoms with van der Waals surface area (Å²) in [6, 6.07) is 12.0. The zero-order valence-electron chi connectivity index (χ0n) is 13.4. The van der Waals surface area contributed by atoms with Crippen LogP contribution in [0.15, 0.2) is 46.2 Å². The van der Waals surface area contributed by atoms with Crippen molar-refractivity contribution >= 4 is 28.1 Å². The van der Waals surface area contributed by atoms with E-state index in [-0.39, 0.29) is 0 Å². The summed E-state index contributed by atoms with van der Waals surface area (Å²) in [4.78, 5) is 14.8. The lowest BCUT2D eigenvalue weighted by molar-refractivity contribution is 0.478. The Labute approximate surface area is 143 Å². The highest BCUT2D eigenvalue weighted by atomic mass is 32.1. The average Bonchev–Trinajstić information content (AvgIpc) is 3.23. The molecule has 120 valence electrons. The van der Waals surface area contributed by atoms with Gasteiger partial charge in [0.05, 0.1) is 22.6 Å². The number of thiophene rings is 1. The Bertz CT molecular complexity index is 972. The summed E-state index contributed by atoms with van der Waals surface area (Å²) >= 11 is 1.63. The lowest BCUT2D eigenvalue weighted by Crippen LogP contribution is -2.04. The van der Waals surface area contributed by atoms with Crippen molar-refractivity contribution < 1.29 is 4.42 Å². The Morgan fingerprint density at radius 3 is 2.67 bits per heavy atom. The minimum atomic E-state index is 0.486. The number of rotatable bonds is 4. The van der Waals surface area contributed by atoms with Crippen molar-refractivity contribution in [3.8, 4) is 10.7 Å². The van der Waals surface area contributed by atoms with Crippen LogP contribution in [0.5, 0.6) is 0 Å². The molecule has 0 spiro atoms. The van der Waals surface area contributed by atoms with Gasteiger partial charge in [0.2, 0.25) is 5.89 Å². The number of para-hydroxylation sites is 1. The van der Waals surface area contributed by atoms with Gasteiger partial charge in [-0.1, -0.05) is 18.2 Å². The molecule has 1 aromatic carbocycles. The molecule has 1 N–H and O–H groups in total. The Kier molecular flexibility index (Phi) is 3.74. The smallest absolute Gasteiger partial charge is 0.213 e. The van der Waals surface area contributed by atoms with E-state index >= 15 is 0 Å². The van der Waals surface area contributed by atoms with Gasteiger partial charge in [-0.25, -0.2) is 15.0 Å². The first kappa shape index (κ1) is 14.8. The maximum Gasteiger partial charge on any atom is 0.213 e. The topological polar surface area (TPSA) is 63.8 Å². The number of aromatic nitrogens is 3. The van der Waals surface area contributed by atoms with Gasteiger partial charge in [-0.3, -0.25) is 0 Å². The van der Waals surface area contributed by atoms with Crippen molar-refractivity contribution in [3.05, 3.63) is 59.1 Å². The normalized spacial score (nSPS) is 11.1. The fraction of sp³-hybridized carbons (Fsp3) is 0.167. The van der Waals surface area contributed by atoms with E-state index in [1.807, 2.05) is 55.6 Å². The molecule has 0 aliphatic rings. The summed E-state index contributed by atoms with van der Waals surface area (Å²) in [5.41, 5.74) is 1.83. The Balaban J connectivity index is 1.72. The van der Waals surface area contributed by atoms with E-state index in [0.717, 1.165) is 38.9 Å². The highest BCUT2D eigenvalue weighted by Gasteiger charge is 2.11. The van der Waals surface area contributed by atoms with Gasteiger partial charge in [0.15, 0.2) is 5.82 Å². The summed E-state index contributed by atoms with van der Waals surface area (Å²) in [6.07, 6.45) is 0. The molecule has 0 amide bonds. The second-order valence-electron chi connectivity index (χ2n) is 5.49. The van der Waals surface area contributed by atoms with E-state index in [4.69, 9.17) is 9.40 Å². The van der Waals surface area contributed by atoms with Crippen LogP contribution in [0, 0.1) is 13.8 Å². The van der Waals surface area contributed by atoms with Crippen molar-refractivity contribution in [1.29, 1.82) is 0 Å². The average molecular weight is 336 g/mol. The highest BCUT2D eigenvalue weighted by Crippen LogP contribution is 2.27.